The fourth-order valence-corrected chi connectivity index (χ4v) is 7.27. The second kappa shape index (κ2) is 14.1. The lowest BCUT2D eigenvalue weighted by Gasteiger charge is -2.39. The molecule has 6 N–H and O–H groups in total. The summed E-state index contributed by atoms with van der Waals surface area (Å²) in [6.45, 7) is 7.93. The summed E-state index contributed by atoms with van der Waals surface area (Å²) in [6.07, 6.45) is -1.44. The lowest BCUT2D eigenvalue weighted by Crippen LogP contribution is -2.60. The van der Waals surface area contributed by atoms with E-state index in [1.54, 1.807) is 24.3 Å². The van der Waals surface area contributed by atoms with Gasteiger partial charge in [0.1, 0.15) is 58.9 Å². The first-order valence-electron chi connectivity index (χ1n) is 16.6. The van der Waals surface area contributed by atoms with Gasteiger partial charge in [-0.15, -0.1) is 0 Å². The Bertz CT molecular complexity index is 1610. The third kappa shape index (κ3) is 6.86. The second-order valence-electron chi connectivity index (χ2n) is 13.6. The van der Waals surface area contributed by atoms with E-state index in [4.69, 9.17) is 13.9 Å². The van der Waals surface area contributed by atoms with Gasteiger partial charge in [0.25, 0.3) is 0 Å². The zero-order chi connectivity index (χ0) is 33.4. The first-order chi connectivity index (χ1) is 22.5. The SMILES string of the molecule is C[C@@H]1CCCN(Cc2c(O)c(CN3CCC[C@@H](C)C3)c3occ(-c4ccc(O[C@H]5O[C@@H](CO)[C@H](O)[C@@H](O)[C@@H]5O)cc4)c(=O)c3c2O)C1. The minimum atomic E-state index is -1.58. The molecule has 0 radical (unpaired) electrons. The van der Waals surface area contributed by atoms with E-state index in [1.165, 1.54) is 6.26 Å². The van der Waals surface area contributed by atoms with Crippen LogP contribution in [0.1, 0.15) is 50.7 Å². The first-order valence-corrected chi connectivity index (χ1v) is 16.6. The molecule has 3 aliphatic heterocycles. The number of phenols is 2. The predicted octanol–water partition coefficient (Wildman–Crippen LogP) is 2.51. The van der Waals surface area contributed by atoms with Crippen LogP contribution in [-0.4, -0.2) is 104 Å². The fraction of sp³-hybridized carbons (Fsp3) is 0.571. The molecule has 7 atom stereocenters. The number of fused-ring (bicyclic) bond motifs is 1. The molecule has 256 valence electrons. The molecule has 4 heterocycles. The van der Waals surface area contributed by atoms with Gasteiger partial charge in [0, 0.05) is 26.2 Å². The molecule has 3 aromatic rings. The van der Waals surface area contributed by atoms with Gasteiger partial charge in [0.05, 0.1) is 23.3 Å². The highest BCUT2D eigenvalue weighted by Crippen LogP contribution is 2.41. The Balaban J connectivity index is 1.34. The van der Waals surface area contributed by atoms with Crippen molar-refractivity contribution in [2.45, 2.75) is 83.3 Å². The van der Waals surface area contributed by atoms with E-state index in [0.29, 0.717) is 41.6 Å². The van der Waals surface area contributed by atoms with Crippen molar-refractivity contribution in [1.82, 2.24) is 9.80 Å². The van der Waals surface area contributed by atoms with Crippen LogP contribution < -0.4 is 10.2 Å². The normalized spacial score (nSPS) is 29.3. The summed E-state index contributed by atoms with van der Waals surface area (Å²) in [7, 11) is 0. The third-order valence-electron chi connectivity index (χ3n) is 9.87. The van der Waals surface area contributed by atoms with Gasteiger partial charge in [-0.25, -0.2) is 0 Å². The average Bonchev–Trinajstić information content (AvgIpc) is 3.05. The highest BCUT2D eigenvalue weighted by molar-refractivity contribution is 5.92. The summed E-state index contributed by atoms with van der Waals surface area (Å²) in [5.41, 5.74) is 1.25. The van der Waals surface area contributed by atoms with E-state index < -0.39 is 42.7 Å². The summed E-state index contributed by atoms with van der Waals surface area (Å²) in [5, 5.41) is 63.2. The second-order valence-corrected chi connectivity index (χ2v) is 13.6. The Morgan fingerprint density at radius 2 is 1.47 bits per heavy atom. The topological polar surface area (TPSA) is 177 Å². The number of aliphatic hydroxyl groups is 4. The van der Waals surface area contributed by atoms with Crippen molar-refractivity contribution < 1.29 is 44.5 Å². The molecule has 12 heteroatoms. The molecule has 6 rings (SSSR count). The molecule has 47 heavy (non-hydrogen) atoms. The van der Waals surface area contributed by atoms with Crippen LogP contribution in [-0.2, 0) is 17.8 Å². The molecule has 0 aliphatic carbocycles. The van der Waals surface area contributed by atoms with Gasteiger partial charge in [-0.2, -0.15) is 0 Å². The molecule has 1 aromatic heterocycles. The summed E-state index contributed by atoms with van der Waals surface area (Å²) >= 11 is 0. The largest absolute Gasteiger partial charge is 0.507 e. The third-order valence-corrected chi connectivity index (χ3v) is 9.87. The van der Waals surface area contributed by atoms with Crippen LogP contribution >= 0.6 is 0 Å². The molecule has 0 saturated carbocycles. The Kier molecular flexibility index (Phi) is 10.1. The van der Waals surface area contributed by atoms with Crippen LogP contribution in [0.5, 0.6) is 17.2 Å². The number of aromatic hydroxyl groups is 2. The minimum Gasteiger partial charge on any atom is -0.507 e. The molecular weight excluding hydrogens is 608 g/mol. The van der Waals surface area contributed by atoms with E-state index >= 15 is 0 Å². The Morgan fingerprint density at radius 3 is 2.06 bits per heavy atom. The Labute approximate surface area is 273 Å². The first kappa shape index (κ1) is 33.7. The molecule has 0 amide bonds. The predicted molar refractivity (Wildman–Crippen MR) is 173 cm³/mol. The molecule has 0 spiro atoms. The number of rotatable bonds is 8. The maximum absolute atomic E-state index is 14.1. The van der Waals surface area contributed by atoms with E-state index in [9.17, 15) is 35.4 Å². The molecule has 3 saturated heterocycles. The van der Waals surface area contributed by atoms with Gasteiger partial charge in [0.15, 0.2) is 0 Å². The van der Waals surface area contributed by atoms with Crippen molar-refractivity contribution >= 4 is 11.0 Å². The van der Waals surface area contributed by atoms with Gasteiger partial charge in [-0.05, 0) is 68.3 Å². The smallest absolute Gasteiger partial charge is 0.229 e. The molecule has 2 aromatic carbocycles. The van der Waals surface area contributed by atoms with Crippen LogP contribution in [0.3, 0.4) is 0 Å². The molecule has 0 unspecified atom stereocenters. The summed E-state index contributed by atoms with van der Waals surface area (Å²) in [5.74, 6) is 0.941. The lowest BCUT2D eigenvalue weighted by molar-refractivity contribution is -0.277. The number of likely N-dealkylation sites (tertiary alicyclic amines) is 2. The van der Waals surface area contributed by atoms with E-state index in [-0.39, 0.29) is 33.8 Å². The van der Waals surface area contributed by atoms with Gasteiger partial charge in [-0.1, -0.05) is 26.0 Å². The summed E-state index contributed by atoms with van der Waals surface area (Å²) in [6, 6.07) is 6.31. The molecular formula is C35H46N2O10. The fourth-order valence-electron chi connectivity index (χ4n) is 7.27. The average molecular weight is 655 g/mol. The number of benzene rings is 2. The minimum absolute atomic E-state index is 0.0297. The zero-order valence-corrected chi connectivity index (χ0v) is 26.9. The zero-order valence-electron chi connectivity index (χ0n) is 26.9. The number of piperidine rings is 2. The van der Waals surface area contributed by atoms with E-state index in [2.05, 4.69) is 23.6 Å². The van der Waals surface area contributed by atoms with Crippen molar-refractivity contribution in [3.63, 3.8) is 0 Å². The molecule has 0 bridgehead atoms. The van der Waals surface area contributed by atoms with Gasteiger partial charge >= 0.3 is 0 Å². The number of aliphatic hydroxyl groups excluding tert-OH is 4. The van der Waals surface area contributed by atoms with Crippen LogP contribution in [0, 0.1) is 11.8 Å². The summed E-state index contributed by atoms with van der Waals surface area (Å²) in [4.78, 5) is 18.6. The highest BCUT2D eigenvalue weighted by Gasteiger charge is 2.44. The Morgan fingerprint density at radius 1 is 0.851 bits per heavy atom. The van der Waals surface area contributed by atoms with Crippen LogP contribution in [0.25, 0.3) is 22.1 Å². The van der Waals surface area contributed by atoms with E-state index in [0.717, 1.165) is 51.9 Å². The van der Waals surface area contributed by atoms with Gasteiger partial charge in [0.2, 0.25) is 11.7 Å². The number of ether oxygens (including phenoxy) is 2. The lowest BCUT2D eigenvalue weighted by atomic mass is 9.95. The van der Waals surface area contributed by atoms with Crippen LogP contribution in [0.4, 0.5) is 0 Å². The van der Waals surface area contributed by atoms with Crippen LogP contribution in [0.2, 0.25) is 0 Å². The van der Waals surface area contributed by atoms with Crippen molar-refractivity contribution in [3.05, 3.63) is 51.9 Å². The van der Waals surface area contributed by atoms with E-state index in [1.807, 2.05) is 0 Å². The van der Waals surface area contributed by atoms with Crippen molar-refractivity contribution in [1.29, 1.82) is 0 Å². The maximum Gasteiger partial charge on any atom is 0.229 e. The van der Waals surface area contributed by atoms with Crippen molar-refractivity contribution in [3.8, 4) is 28.4 Å². The number of hydrogen-bond acceptors (Lipinski definition) is 12. The van der Waals surface area contributed by atoms with Gasteiger partial charge < -0.3 is 44.5 Å². The Hall–Kier alpha value is -3.23. The molecule has 12 nitrogen and oxygen atoms in total. The maximum atomic E-state index is 14.1. The quantitative estimate of drug-likeness (QED) is 0.210. The molecule has 3 fully saturated rings. The van der Waals surface area contributed by atoms with Crippen molar-refractivity contribution in [2.75, 3.05) is 32.8 Å². The molecule has 3 aliphatic rings. The van der Waals surface area contributed by atoms with Crippen molar-refractivity contribution in [2.24, 2.45) is 11.8 Å². The van der Waals surface area contributed by atoms with Crippen LogP contribution in [0.15, 0.2) is 39.7 Å². The standard InChI is InChI=1S/C35H46N2O10/c1-19-5-3-11-36(13-19)15-23-28(39)24(16-37-12-4-6-20(2)14-37)34-27(29(23)40)30(41)25(18-45-34)21-7-9-22(10-8-21)46-35-33(44)32(43)31(42)26(17-38)47-35/h7-10,18-20,26,31-33,35,38-40,42-44H,3-6,11-17H2,1-2H3/t19-,20-,26+,31+,32-,33+,35+/m1/s1. The number of nitrogens with zero attached hydrogens (tertiary/aromatic N) is 2. The summed E-state index contributed by atoms with van der Waals surface area (Å²) < 4.78 is 17.2. The number of hydrogen-bond donors (Lipinski definition) is 6. The van der Waals surface area contributed by atoms with Gasteiger partial charge in [-0.3, -0.25) is 14.6 Å². The number of phenolic OH excluding ortho intramolecular Hbond substituents is 2. The monoisotopic (exact) mass is 654 g/mol. The highest BCUT2D eigenvalue weighted by atomic mass is 16.7.